The molecule has 1 saturated heterocycles. The number of hydrogen-bond acceptors (Lipinski definition) is 4. The van der Waals surface area contributed by atoms with Crippen LogP contribution in [0.5, 0.6) is 5.75 Å². The first-order valence-corrected chi connectivity index (χ1v) is 9.38. The van der Waals surface area contributed by atoms with E-state index in [0.29, 0.717) is 25.6 Å². The minimum Gasteiger partial charge on any atom is -0.492 e. The third kappa shape index (κ3) is 5.85. The maximum absolute atomic E-state index is 12.1. The zero-order valence-corrected chi connectivity index (χ0v) is 15.1. The molecule has 2 heterocycles. The average Bonchev–Trinajstić information content (AvgIpc) is 2.70. The molecule has 1 amide bonds. The highest BCUT2D eigenvalue weighted by atomic mass is 16.5. The molecule has 26 heavy (non-hydrogen) atoms. The van der Waals surface area contributed by atoms with E-state index in [9.17, 15) is 4.79 Å². The van der Waals surface area contributed by atoms with Gasteiger partial charge in [-0.1, -0.05) is 30.3 Å². The van der Waals surface area contributed by atoms with Gasteiger partial charge in [0.1, 0.15) is 5.75 Å². The van der Waals surface area contributed by atoms with Gasteiger partial charge < -0.3 is 10.1 Å². The smallest absolute Gasteiger partial charge is 0.234 e. The molecule has 138 valence electrons. The molecule has 0 radical (unpaired) electrons. The lowest BCUT2D eigenvalue weighted by molar-refractivity contribution is -0.122. The Bertz CT molecular complexity index is 655. The number of amides is 1. The van der Waals surface area contributed by atoms with Crippen molar-refractivity contribution in [3.05, 3.63) is 60.4 Å². The fourth-order valence-corrected chi connectivity index (χ4v) is 3.33. The molecule has 1 aromatic carbocycles. The summed E-state index contributed by atoms with van der Waals surface area (Å²) < 4.78 is 5.57. The van der Waals surface area contributed by atoms with Crippen LogP contribution in [0.4, 0.5) is 0 Å². The number of benzene rings is 1. The molecule has 1 N–H and O–H groups in total. The van der Waals surface area contributed by atoms with Gasteiger partial charge >= 0.3 is 0 Å². The van der Waals surface area contributed by atoms with E-state index < -0.39 is 0 Å². The summed E-state index contributed by atoms with van der Waals surface area (Å²) in [4.78, 5) is 18.3. The Balaban J connectivity index is 1.27. The van der Waals surface area contributed by atoms with Crippen molar-refractivity contribution in [3.8, 4) is 5.75 Å². The second-order valence-electron chi connectivity index (χ2n) is 6.70. The van der Waals surface area contributed by atoms with Crippen LogP contribution in [0.2, 0.25) is 0 Å². The number of ether oxygens (including phenoxy) is 1. The molecule has 1 aromatic heterocycles. The van der Waals surface area contributed by atoms with Crippen molar-refractivity contribution in [2.75, 3.05) is 32.8 Å². The number of likely N-dealkylation sites (tertiary alicyclic amines) is 1. The van der Waals surface area contributed by atoms with Gasteiger partial charge in [-0.3, -0.25) is 14.7 Å². The zero-order valence-electron chi connectivity index (χ0n) is 15.1. The molecule has 0 saturated carbocycles. The van der Waals surface area contributed by atoms with Crippen LogP contribution in [0.25, 0.3) is 0 Å². The molecule has 0 unspecified atom stereocenters. The Morgan fingerprint density at radius 3 is 2.69 bits per heavy atom. The number of pyridine rings is 1. The first kappa shape index (κ1) is 18.4. The summed E-state index contributed by atoms with van der Waals surface area (Å²) in [5.74, 6) is 1.49. The predicted molar refractivity (Wildman–Crippen MR) is 102 cm³/mol. The molecular formula is C21H27N3O2. The molecule has 3 rings (SSSR count). The van der Waals surface area contributed by atoms with Crippen molar-refractivity contribution in [1.82, 2.24) is 15.2 Å². The van der Waals surface area contributed by atoms with E-state index in [1.54, 1.807) is 12.4 Å². The summed E-state index contributed by atoms with van der Waals surface area (Å²) in [5.41, 5.74) is 1.42. The average molecular weight is 353 g/mol. The van der Waals surface area contributed by atoms with Crippen molar-refractivity contribution >= 4 is 5.91 Å². The van der Waals surface area contributed by atoms with Gasteiger partial charge in [-0.15, -0.1) is 0 Å². The summed E-state index contributed by atoms with van der Waals surface area (Å²) in [6, 6.07) is 14.4. The third-order valence-electron chi connectivity index (χ3n) is 4.77. The van der Waals surface area contributed by atoms with E-state index in [-0.39, 0.29) is 5.91 Å². The minimum atomic E-state index is 0.101. The second kappa shape index (κ2) is 9.92. The number of carbonyl (C=O) groups is 1. The molecule has 0 bridgehead atoms. The number of nitrogens with one attached hydrogen (secondary N) is 1. The van der Waals surface area contributed by atoms with Gasteiger partial charge in [0.15, 0.2) is 0 Å². The fraction of sp³-hybridized carbons (Fsp3) is 0.429. The molecule has 5 nitrogen and oxygen atoms in total. The SMILES string of the molecule is O=C(CN1CCC(c2ccccc2)CC1)NCCCOc1cccnc1. The predicted octanol–water partition coefficient (Wildman–Crippen LogP) is 2.85. The number of aromatic nitrogens is 1. The standard InChI is InChI=1S/C21H27N3O2/c25-21(23-12-5-15-26-20-8-4-11-22-16-20)17-24-13-9-19(10-14-24)18-6-2-1-3-7-18/h1-4,6-8,11,16,19H,5,9-10,12-15,17H2,(H,23,25). The van der Waals surface area contributed by atoms with Crippen molar-refractivity contribution < 1.29 is 9.53 Å². The zero-order chi connectivity index (χ0) is 18.0. The summed E-state index contributed by atoms with van der Waals surface area (Å²) >= 11 is 0. The Morgan fingerprint density at radius 1 is 1.15 bits per heavy atom. The third-order valence-corrected chi connectivity index (χ3v) is 4.77. The van der Waals surface area contributed by atoms with Gasteiger partial charge in [-0.05, 0) is 56.0 Å². The van der Waals surface area contributed by atoms with E-state index in [1.807, 2.05) is 12.1 Å². The lowest BCUT2D eigenvalue weighted by atomic mass is 9.89. The largest absolute Gasteiger partial charge is 0.492 e. The molecule has 1 fully saturated rings. The van der Waals surface area contributed by atoms with Gasteiger partial charge in [0.25, 0.3) is 0 Å². The molecule has 0 aliphatic carbocycles. The van der Waals surface area contributed by atoms with Gasteiger partial charge in [-0.2, -0.15) is 0 Å². The van der Waals surface area contributed by atoms with Crippen LogP contribution in [-0.2, 0) is 4.79 Å². The van der Waals surface area contributed by atoms with Crippen molar-refractivity contribution in [3.63, 3.8) is 0 Å². The first-order chi connectivity index (χ1) is 12.8. The fourth-order valence-electron chi connectivity index (χ4n) is 3.33. The molecule has 2 aromatic rings. The minimum absolute atomic E-state index is 0.101. The molecule has 5 heteroatoms. The van der Waals surface area contributed by atoms with Gasteiger partial charge in [-0.25, -0.2) is 0 Å². The van der Waals surface area contributed by atoms with Crippen molar-refractivity contribution in [2.24, 2.45) is 0 Å². The van der Waals surface area contributed by atoms with E-state index in [2.05, 4.69) is 45.5 Å². The second-order valence-corrected chi connectivity index (χ2v) is 6.70. The number of carbonyl (C=O) groups excluding carboxylic acids is 1. The molecular weight excluding hydrogens is 326 g/mol. The maximum atomic E-state index is 12.1. The lowest BCUT2D eigenvalue weighted by Crippen LogP contribution is -2.41. The Labute approximate surface area is 155 Å². The molecule has 1 aliphatic rings. The summed E-state index contributed by atoms with van der Waals surface area (Å²) in [6.07, 6.45) is 6.44. The highest BCUT2D eigenvalue weighted by Gasteiger charge is 2.21. The van der Waals surface area contributed by atoms with Crippen molar-refractivity contribution in [1.29, 1.82) is 0 Å². The van der Waals surface area contributed by atoms with Crippen LogP contribution in [0.1, 0.15) is 30.7 Å². The topological polar surface area (TPSA) is 54.5 Å². The Morgan fingerprint density at radius 2 is 1.96 bits per heavy atom. The summed E-state index contributed by atoms with van der Waals surface area (Å²) in [7, 11) is 0. The van der Waals surface area contributed by atoms with Crippen molar-refractivity contribution in [2.45, 2.75) is 25.2 Å². The summed E-state index contributed by atoms with van der Waals surface area (Å²) in [6.45, 7) is 3.67. The quantitative estimate of drug-likeness (QED) is 0.742. The molecule has 0 spiro atoms. The van der Waals surface area contributed by atoms with Gasteiger partial charge in [0.2, 0.25) is 5.91 Å². The van der Waals surface area contributed by atoms with Crippen LogP contribution in [0.15, 0.2) is 54.9 Å². The first-order valence-electron chi connectivity index (χ1n) is 9.38. The van der Waals surface area contributed by atoms with E-state index in [0.717, 1.165) is 38.1 Å². The Hall–Kier alpha value is -2.40. The van der Waals surface area contributed by atoms with Crippen LogP contribution >= 0.6 is 0 Å². The van der Waals surface area contributed by atoms with E-state index in [4.69, 9.17) is 4.74 Å². The number of hydrogen-bond donors (Lipinski definition) is 1. The Kier molecular flexibility index (Phi) is 7.02. The number of rotatable bonds is 8. The lowest BCUT2D eigenvalue weighted by Gasteiger charge is -2.31. The van der Waals surface area contributed by atoms with Crippen LogP contribution in [0.3, 0.4) is 0 Å². The van der Waals surface area contributed by atoms with E-state index >= 15 is 0 Å². The van der Waals surface area contributed by atoms with E-state index in [1.165, 1.54) is 5.56 Å². The molecule has 0 atom stereocenters. The van der Waals surface area contributed by atoms with Gasteiger partial charge in [0.05, 0.1) is 19.3 Å². The highest BCUT2D eigenvalue weighted by molar-refractivity contribution is 5.77. The summed E-state index contributed by atoms with van der Waals surface area (Å²) in [5, 5.41) is 2.98. The van der Waals surface area contributed by atoms with Crippen LogP contribution < -0.4 is 10.1 Å². The number of nitrogens with zero attached hydrogens (tertiary/aromatic N) is 2. The van der Waals surface area contributed by atoms with Crippen LogP contribution in [-0.4, -0.2) is 48.6 Å². The maximum Gasteiger partial charge on any atom is 0.234 e. The number of piperidine rings is 1. The normalized spacial score (nSPS) is 15.5. The monoisotopic (exact) mass is 353 g/mol. The molecule has 1 aliphatic heterocycles. The van der Waals surface area contributed by atoms with Crippen LogP contribution in [0, 0.1) is 0 Å². The van der Waals surface area contributed by atoms with Gasteiger partial charge in [0, 0.05) is 12.7 Å². The highest BCUT2D eigenvalue weighted by Crippen LogP contribution is 2.27.